The monoisotopic (exact) mass is 349 g/mol. The lowest BCUT2D eigenvalue weighted by Crippen LogP contribution is -2.42. The maximum Gasteiger partial charge on any atom is 0.338 e. The van der Waals surface area contributed by atoms with Gasteiger partial charge in [0.05, 0.1) is 18.7 Å². The fourth-order valence-corrected chi connectivity index (χ4v) is 2.80. The van der Waals surface area contributed by atoms with Gasteiger partial charge in [-0.3, -0.25) is 0 Å². The second-order valence-electron chi connectivity index (χ2n) is 5.21. The van der Waals surface area contributed by atoms with Gasteiger partial charge >= 0.3 is 5.97 Å². The number of ether oxygens (including phenoxy) is 1. The molecule has 9 heteroatoms. The number of hydrogen-bond acceptors (Lipinski definition) is 6. The van der Waals surface area contributed by atoms with E-state index in [2.05, 4.69) is 15.1 Å². The molecule has 0 fully saturated rings. The Morgan fingerprint density at radius 3 is 2.75 bits per heavy atom. The first-order valence-corrected chi connectivity index (χ1v) is 7.28. The van der Waals surface area contributed by atoms with Gasteiger partial charge in [0.25, 0.3) is 0 Å². The van der Waals surface area contributed by atoms with Crippen LogP contribution in [0.25, 0.3) is 11.0 Å². The number of halogens is 2. The number of carbonyl (C=O) groups excluding carboxylic acids is 1. The molecular formula is C15H13ClFN5O2. The minimum atomic E-state index is -1.61. The molecule has 0 spiro atoms. The van der Waals surface area contributed by atoms with Crippen LogP contribution in [0, 0.1) is 5.82 Å². The number of methoxy groups -OCH3 is 1. The van der Waals surface area contributed by atoms with Crippen LogP contribution in [-0.2, 0) is 15.1 Å². The lowest BCUT2D eigenvalue weighted by molar-refractivity contribution is -0.148. The molecule has 24 heavy (non-hydrogen) atoms. The Morgan fingerprint density at radius 2 is 2.08 bits per heavy atom. The van der Waals surface area contributed by atoms with E-state index < -0.39 is 17.3 Å². The summed E-state index contributed by atoms with van der Waals surface area (Å²) in [6, 6.07) is 5.86. The molecule has 0 aliphatic heterocycles. The lowest BCUT2D eigenvalue weighted by atomic mass is 9.91. The third kappa shape index (κ3) is 2.26. The second-order valence-corrected chi connectivity index (χ2v) is 5.57. The summed E-state index contributed by atoms with van der Waals surface area (Å²) in [6.45, 7) is 1.48. The average molecular weight is 350 g/mol. The molecule has 2 N–H and O–H groups in total. The van der Waals surface area contributed by atoms with E-state index in [1.54, 1.807) is 6.07 Å². The van der Waals surface area contributed by atoms with Crippen molar-refractivity contribution in [3.63, 3.8) is 0 Å². The van der Waals surface area contributed by atoms with Crippen LogP contribution in [0.5, 0.6) is 0 Å². The summed E-state index contributed by atoms with van der Waals surface area (Å²) >= 11 is 6.04. The standard InChI is InChI=1S/C15H13ClFN5O2/c1-15(13(23)24-2,9-5-3-4-6-10(9)17)22-12-8(7-19-22)11(16)20-14(18)21-12/h3-7H,1-2H3,(H2,18,20,21). The molecule has 2 aromatic heterocycles. The van der Waals surface area contributed by atoms with E-state index in [0.717, 1.165) is 0 Å². The number of nitrogens with two attached hydrogens (primary N) is 1. The second kappa shape index (κ2) is 5.72. The van der Waals surface area contributed by atoms with E-state index >= 15 is 0 Å². The van der Waals surface area contributed by atoms with Gasteiger partial charge in [0.15, 0.2) is 11.2 Å². The summed E-state index contributed by atoms with van der Waals surface area (Å²) in [5.74, 6) is -1.39. The Kier molecular flexibility index (Phi) is 3.84. The van der Waals surface area contributed by atoms with Crippen molar-refractivity contribution in [1.29, 1.82) is 0 Å². The molecule has 0 saturated heterocycles. The minimum absolute atomic E-state index is 0.0788. The molecule has 3 rings (SSSR count). The fraction of sp³-hybridized carbons (Fsp3) is 0.200. The van der Waals surface area contributed by atoms with Gasteiger partial charge in [-0.1, -0.05) is 29.8 Å². The minimum Gasteiger partial charge on any atom is -0.467 e. The van der Waals surface area contributed by atoms with Gasteiger partial charge in [0.2, 0.25) is 5.95 Å². The SMILES string of the molecule is COC(=O)C(C)(c1ccccc1F)n1ncc2c(Cl)nc(N)nc21. The summed E-state index contributed by atoms with van der Waals surface area (Å²) in [5.41, 5.74) is 4.31. The van der Waals surface area contributed by atoms with Crippen LogP contribution in [-0.4, -0.2) is 32.8 Å². The van der Waals surface area contributed by atoms with Gasteiger partial charge in [-0.2, -0.15) is 10.1 Å². The zero-order chi connectivity index (χ0) is 17.5. The largest absolute Gasteiger partial charge is 0.467 e. The summed E-state index contributed by atoms with van der Waals surface area (Å²) in [7, 11) is 1.21. The lowest BCUT2D eigenvalue weighted by Gasteiger charge is -2.28. The number of nitrogens with zero attached hydrogens (tertiary/aromatic N) is 4. The van der Waals surface area contributed by atoms with E-state index in [1.165, 1.54) is 43.1 Å². The summed E-state index contributed by atoms with van der Waals surface area (Å²) in [5, 5.41) is 4.64. The van der Waals surface area contributed by atoms with Crippen molar-refractivity contribution in [2.45, 2.75) is 12.5 Å². The van der Waals surface area contributed by atoms with Crippen molar-refractivity contribution in [2.75, 3.05) is 12.8 Å². The maximum atomic E-state index is 14.4. The van der Waals surface area contributed by atoms with Crippen LogP contribution >= 0.6 is 11.6 Å². The van der Waals surface area contributed by atoms with Crippen LogP contribution in [0.1, 0.15) is 12.5 Å². The molecule has 7 nitrogen and oxygen atoms in total. The highest BCUT2D eigenvalue weighted by Gasteiger charge is 2.43. The zero-order valence-corrected chi connectivity index (χ0v) is 13.6. The molecule has 124 valence electrons. The van der Waals surface area contributed by atoms with Gasteiger partial charge < -0.3 is 10.5 Å². The Bertz CT molecular complexity index is 945. The predicted molar refractivity (Wildman–Crippen MR) is 85.9 cm³/mol. The number of nitrogen functional groups attached to an aromatic ring is 1. The Morgan fingerprint density at radius 1 is 1.38 bits per heavy atom. The number of fused-ring (bicyclic) bond motifs is 1. The molecule has 0 aliphatic rings. The van der Waals surface area contributed by atoms with Crippen molar-refractivity contribution >= 4 is 34.6 Å². The highest BCUT2D eigenvalue weighted by atomic mass is 35.5. The topological polar surface area (TPSA) is 95.9 Å². The van der Waals surface area contributed by atoms with E-state index in [1.807, 2.05) is 0 Å². The van der Waals surface area contributed by atoms with Crippen LogP contribution in [0.2, 0.25) is 5.15 Å². The van der Waals surface area contributed by atoms with Gasteiger partial charge in [-0.25, -0.2) is 18.9 Å². The van der Waals surface area contributed by atoms with Crippen molar-refractivity contribution in [3.8, 4) is 0 Å². The number of aromatic nitrogens is 4. The molecular weight excluding hydrogens is 337 g/mol. The fourth-order valence-electron chi connectivity index (χ4n) is 2.58. The first kappa shape index (κ1) is 16.1. The molecule has 2 heterocycles. The summed E-state index contributed by atoms with van der Waals surface area (Å²) in [6.07, 6.45) is 1.39. The Labute approximate surface area is 141 Å². The normalized spacial score (nSPS) is 13.7. The molecule has 0 amide bonds. The molecule has 0 radical (unpaired) electrons. The van der Waals surface area contributed by atoms with Crippen molar-refractivity contribution in [2.24, 2.45) is 0 Å². The third-order valence-corrected chi connectivity index (χ3v) is 4.09. The number of esters is 1. The van der Waals surface area contributed by atoms with E-state index in [4.69, 9.17) is 22.1 Å². The quantitative estimate of drug-likeness (QED) is 0.575. The Hall–Kier alpha value is -2.74. The van der Waals surface area contributed by atoms with Gasteiger partial charge in [-0.15, -0.1) is 0 Å². The van der Waals surface area contributed by atoms with Crippen molar-refractivity contribution < 1.29 is 13.9 Å². The van der Waals surface area contributed by atoms with Crippen LogP contribution < -0.4 is 5.73 Å². The van der Waals surface area contributed by atoms with E-state index in [-0.39, 0.29) is 22.3 Å². The van der Waals surface area contributed by atoms with Crippen molar-refractivity contribution in [1.82, 2.24) is 19.7 Å². The maximum absolute atomic E-state index is 14.4. The number of anilines is 1. The summed E-state index contributed by atoms with van der Waals surface area (Å²) < 4.78 is 20.5. The molecule has 1 unspecified atom stereocenters. The number of carbonyl (C=O) groups is 1. The summed E-state index contributed by atoms with van der Waals surface area (Å²) in [4.78, 5) is 20.5. The molecule has 3 aromatic rings. The molecule has 0 aliphatic carbocycles. The Balaban J connectivity index is 2.37. The van der Waals surface area contributed by atoms with E-state index in [9.17, 15) is 9.18 Å². The molecule has 0 saturated carbocycles. The van der Waals surface area contributed by atoms with Gasteiger partial charge in [0.1, 0.15) is 11.0 Å². The molecule has 0 bridgehead atoms. The highest BCUT2D eigenvalue weighted by Crippen LogP contribution is 2.33. The number of benzene rings is 1. The highest BCUT2D eigenvalue weighted by molar-refractivity contribution is 6.34. The predicted octanol–water partition coefficient (Wildman–Crippen LogP) is 2.14. The zero-order valence-electron chi connectivity index (χ0n) is 12.8. The molecule has 1 atom stereocenters. The first-order valence-electron chi connectivity index (χ1n) is 6.90. The van der Waals surface area contributed by atoms with Gasteiger partial charge in [-0.05, 0) is 13.0 Å². The van der Waals surface area contributed by atoms with Gasteiger partial charge in [0, 0.05) is 5.56 Å². The average Bonchev–Trinajstić information content (AvgIpc) is 2.98. The van der Waals surface area contributed by atoms with E-state index in [0.29, 0.717) is 5.39 Å². The molecule has 1 aromatic carbocycles. The third-order valence-electron chi connectivity index (χ3n) is 3.80. The number of rotatable bonds is 3. The van der Waals surface area contributed by atoms with Crippen molar-refractivity contribution in [3.05, 3.63) is 47.0 Å². The van der Waals surface area contributed by atoms with Crippen LogP contribution in [0.3, 0.4) is 0 Å². The van der Waals surface area contributed by atoms with Crippen LogP contribution in [0.15, 0.2) is 30.5 Å². The van der Waals surface area contributed by atoms with Crippen LogP contribution in [0.4, 0.5) is 10.3 Å². The number of hydrogen-bond donors (Lipinski definition) is 1. The first-order chi connectivity index (χ1) is 11.4. The smallest absolute Gasteiger partial charge is 0.338 e.